The van der Waals surface area contributed by atoms with E-state index in [1.807, 2.05) is 24.3 Å². The Hall–Kier alpha value is -3.65. The van der Waals surface area contributed by atoms with Crippen LogP contribution in [0.15, 0.2) is 55.0 Å². The number of nitrogens with one attached hydrogen (secondary N) is 1. The van der Waals surface area contributed by atoms with E-state index >= 15 is 0 Å². The summed E-state index contributed by atoms with van der Waals surface area (Å²) in [6.07, 6.45) is 2.72. The second-order valence-electron chi connectivity index (χ2n) is 7.30. The van der Waals surface area contributed by atoms with E-state index in [2.05, 4.69) is 15.3 Å². The van der Waals surface area contributed by atoms with E-state index in [0.29, 0.717) is 23.8 Å². The largest absolute Gasteiger partial charge is 0.454 e. The minimum Gasteiger partial charge on any atom is -0.454 e. The van der Waals surface area contributed by atoms with Gasteiger partial charge in [-0.15, -0.1) is 0 Å². The number of carbonyl (C=O) groups is 1. The van der Waals surface area contributed by atoms with Crippen molar-refractivity contribution in [3.63, 3.8) is 0 Å². The quantitative estimate of drug-likeness (QED) is 0.647. The number of rotatable bonds is 6. The SMILES string of the molecule is CC(C)(O)c1ccc(CNC(=O)c2cncnc2Oc2ccc3c(c2)OCO3)cc1. The molecule has 1 aliphatic heterocycles. The molecule has 2 heterocycles. The van der Waals surface area contributed by atoms with E-state index in [1.54, 1.807) is 32.0 Å². The predicted molar refractivity (Wildman–Crippen MR) is 108 cm³/mol. The predicted octanol–water partition coefficient (Wildman–Crippen LogP) is 3.16. The summed E-state index contributed by atoms with van der Waals surface area (Å²) < 4.78 is 16.4. The summed E-state index contributed by atoms with van der Waals surface area (Å²) in [4.78, 5) is 20.7. The van der Waals surface area contributed by atoms with Crippen molar-refractivity contribution < 1.29 is 24.1 Å². The molecule has 0 bridgehead atoms. The number of carbonyl (C=O) groups excluding carboxylic acids is 1. The number of aromatic nitrogens is 2. The summed E-state index contributed by atoms with van der Waals surface area (Å²) in [6.45, 7) is 3.92. The fourth-order valence-electron chi connectivity index (χ4n) is 2.92. The zero-order chi connectivity index (χ0) is 21.1. The maximum atomic E-state index is 12.7. The van der Waals surface area contributed by atoms with Crippen LogP contribution in [0.1, 0.15) is 35.3 Å². The van der Waals surface area contributed by atoms with Crippen molar-refractivity contribution in [1.29, 1.82) is 0 Å². The molecule has 154 valence electrons. The van der Waals surface area contributed by atoms with E-state index < -0.39 is 5.60 Å². The van der Waals surface area contributed by atoms with E-state index in [9.17, 15) is 9.90 Å². The van der Waals surface area contributed by atoms with Gasteiger partial charge in [-0.25, -0.2) is 9.97 Å². The van der Waals surface area contributed by atoms with Crippen molar-refractivity contribution in [2.45, 2.75) is 26.0 Å². The minimum atomic E-state index is -0.913. The van der Waals surface area contributed by atoms with Crippen LogP contribution in [-0.4, -0.2) is 27.8 Å². The van der Waals surface area contributed by atoms with Gasteiger partial charge in [-0.2, -0.15) is 0 Å². The number of fused-ring (bicyclic) bond motifs is 1. The van der Waals surface area contributed by atoms with Crippen molar-refractivity contribution in [2.24, 2.45) is 0 Å². The standard InChI is InChI=1S/C22H21N3O5/c1-22(2,27)15-5-3-14(4-6-15)10-24-20(26)17-11-23-12-25-21(17)30-16-7-8-18-19(9-16)29-13-28-18/h3-9,11-12,27H,10,13H2,1-2H3,(H,24,26). The van der Waals surface area contributed by atoms with E-state index in [0.717, 1.165) is 11.1 Å². The van der Waals surface area contributed by atoms with Gasteiger partial charge in [0.15, 0.2) is 11.5 Å². The summed E-state index contributed by atoms with van der Waals surface area (Å²) in [7, 11) is 0. The molecule has 3 aromatic rings. The lowest BCUT2D eigenvalue weighted by molar-refractivity contribution is 0.0785. The molecule has 0 unspecified atom stereocenters. The lowest BCUT2D eigenvalue weighted by Gasteiger charge is -2.18. The third-order valence-electron chi connectivity index (χ3n) is 4.59. The number of amides is 1. The van der Waals surface area contributed by atoms with Crippen molar-refractivity contribution in [3.05, 3.63) is 71.7 Å². The fourth-order valence-corrected chi connectivity index (χ4v) is 2.92. The van der Waals surface area contributed by atoms with Gasteiger partial charge in [0.25, 0.3) is 5.91 Å². The van der Waals surface area contributed by atoms with Gasteiger partial charge in [0.05, 0.1) is 5.60 Å². The monoisotopic (exact) mass is 407 g/mol. The minimum absolute atomic E-state index is 0.138. The molecule has 0 radical (unpaired) electrons. The Morgan fingerprint density at radius 1 is 1.17 bits per heavy atom. The lowest BCUT2D eigenvalue weighted by Crippen LogP contribution is -2.24. The highest BCUT2D eigenvalue weighted by molar-refractivity contribution is 5.96. The number of hydrogen-bond donors (Lipinski definition) is 2. The Bertz CT molecular complexity index is 1060. The molecule has 0 aliphatic carbocycles. The van der Waals surface area contributed by atoms with Crippen LogP contribution < -0.4 is 19.5 Å². The number of aliphatic hydroxyl groups is 1. The number of nitrogens with zero attached hydrogens (tertiary/aromatic N) is 2. The van der Waals surface area contributed by atoms with Crippen molar-refractivity contribution >= 4 is 5.91 Å². The average molecular weight is 407 g/mol. The van der Waals surface area contributed by atoms with Crippen LogP contribution >= 0.6 is 0 Å². The smallest absolute Gasteiger partial charge is 0.258 e. The van der Waals surface area contributed by atoms with Crippen LogP contribution in [-0.2, 0) is 12.1 Å². The Morgan fingerprint density at radius 2 is 1.93 bits per heavy atom. The first-order valence-electron chi connectivity index (χ1n) is 9.37. The van der Waals surface area contributed by atoms with E-state index in [1.165, 1.54) is 12.5 Å². The van der Waals surface area contributed by atoms with Gasteiger partial charge >= 0.3 is 0 Å². The van der Waals surface area contributed by atoms with Crippen molar-refractivity contribution in [3.8, 4) is 23.1 Å². The molecule has 0 saturated heterocycles. The van der Waals surface area contributed by atoms with Crippen LogP contribution in [0.3, 0.4) is 0 Å². The average Bonchev–Trinajstić information content (AvgIpc) is 3.20. The summed E-state index contributed by atoms with van der Waals surface area (Å²) in [5, 5.41) is 12.9. The molecule has 0 fully saturated rings. The molecule has 2 N–H and O–H groups in total. The van der Waals surface area contributed by atoms with Gasteiger partial charge in [0.1, 0.15) is 17.6 Å². The third kappa shape index (κ3) is 4.33. The summed E-state index contributed by atoms with van der Waals surface area (Å²) in [5.74, 6) is 1.45. The molecule has 4 rings (SSSR count). The molecule has 2 aromatic carbocycles. The molecular formula is C22H21N3O5. The van der Waals surface area contributed by atoms with Crippen LogP contribution in [0, 0.1) is 0 Å². The highest BCUT2D eigenvalue weighted by atomic mass is 16.7. The van der Waals surface area contributed by atoms with Crippen LogP contribution in [0.2, 0.25) is 0 Å². The lowest BCUT2D eigenvalue weighted by atomic mass is 9.97. The van der Waals surface area contributed by atoms with Gasteiger partial charge in [0, 0.05) is 18.8 Å². The molecule has 0 saturated carbocycles. The van der Waals surface area contributed by atoms with Gasteiger partial charge in [0.2, 0.25) is 12.7 Å². The summed E-state index contributed by atoms with van der Waals surface area (Å²) in [6, 6.07) is 12.5. The van der Waals surface area contributed by atoms with Gasteiger partial charge in [-0.05, 0) is 37.1 Å². The van der Waals surface area contributed by atoms with Crippen molar-refractivity contribution in [2.75, 3.05) is 6.79 Å². The van der Waals surface area contributed by atoms with Crippen LogP contribution in [0.4, 0.5) is 0 Å². The third-order valence-corrected chi connectivity index (χ3v) is 4.59. The molecule has 8 nitrogen and oxygen atoms in total. The number of benzene rings is 2. The van der Waals surface area contributed by atoms with E-state index in [-0.39, 0.29) is 24.1 Å². The zero-order valence-corrected chi connectivity index (χ0v) is 16.6. The molecule has 0 atom stereocenters. The van der Waals surface area contributed by atoms with Crippen molar-refractivity contribution in [1.82, 2.24) is 15.3 Å². The molecule has 0 spiro atoms. The highest BCUT2D eigenvalue weighted by Gasteiger charge is 2.18. The molecule has 30 heavy (non-hydrogen) atoms. The Labute approximate surface area is 173 Å². The fraction of sp³-hybridized carbons (Fsp3) is 0.227. The molecular weight excluding hydrogens is 386 g/mol. The first kappa shape index (κ1) is 19.7. The molecule has 1 amide bonds. The van der Waals surface area contributed by atoms with Gasteiger partial charge in [-0.3, -0.25) is 4.79 Å². The maximum absolute atomic E-state index is 12.7. The molecule has 8 heteroatoms. The Kier molecular flexibility index (Phi) is 5.24. The molecule has 1 aliphatic rings. The number of ether oxygens (including phenoxy) is 3. The highest BCUT2D eigenvalue weighted by Crippen LogP contribution is 2.36. The Morgan fingerprint density at radius 3 is 2.70 bits per heavy atom. The normalized spacial score (nSPS) is 12.5. The topological polar surface area (TPSA) is 103 Å². The second kappa shape index (κ2) is 8.00. The van der Waals surface area contributed by atoms with Gasteiger partial charge in [-0.1, -0.05) is 24.3 Å². The first-order chi connectivity index (χ1) is 14.4. The van der Waals surface area contributed by atoms with Gasteiger partial charge < -0.3 is 24.6 Å². The molecule has 1 aromatic heterocycles. The summed E-state index contributed by atoms with van der Waals surface area (Å²) in [5.41, 5.74) is 0.993. The Balaban J connectivity index is 1.44. The van der Waals surface area contributed by atoms with E-state index in [4.69, 9.17) is 14.2 Å². The second-order valence-corrected chi connectivity index (χ2v) is 7.30. The first-order valence-corrected chi connectivity index (χ1v) is 9.37. The van der Waals surface area contributed by atoms with Crippen LogP contribution in [0.5, 0.6) is 23.1 Å². The van der Waals surface area contributed by atoms with Crippen LogP contribution in [0.25, 0.3) is 0 Å². The maximum Gasteiger partial charge on any atom is 0.258 e. The summed E-state index contributed by atoms with van der Waals surface area (Å²) >= 11 is 0. The zero-order valence-electron chi connectivity index (χ0n) is 16.6. The number of hydrogen-bond acceptors (Lipinski definition) is 7.